The van der Waals surface area contributed by atoms with Crippen molar-refractivity contribution in [1.29, 1.82) is 0 Å². The van der Waals surface area contributed by atoms with Gasteiger partial charge in [0.05, 0.1) is 323 Å². The Balaban J connectivity index is 0.557. The monoisotopic (exact) mass is 1810 g/mol. The average Bonchev–Trinajstić information content (AvgIpc) is 1.51. The molecule has 1 saturated heterocycles. The van der Waals surface area contributed by atoms with Gasteiger partial charge in [-0.2, -0.15) is 4.31 Å². The number of ether oxygens (including phenoxy) is 26. The molecule has 4 unspecified atom stereocenters. The number of phosphoric acid groups is 2. The van der Waals surface area contributed by atoms with Crippen molar-refractivity contribution in [2.45, 2.75) is 122 Å². The van der Waals surface area contributed by atoms with E-state index in [1.165, 1.54) is 0 Å². The first-order valence-electron chi connectivity index (χ1n) is 43.8. The van der Waals surface area contributed by atoms with Gasteiger partial charge in [0.25, 0.3) is 0 Å². The highest BCUT2D eigenvalue weighted by molar-refractivity contribution is 7.61. The molecule has 1 amide bonds. The molecule has 1 heterocycles. The van der Waals surface area contributed by atoms with Gasteiger partial charge in [0.2, 0.25) is 5.91 Å². The predicted molar refractivity (Wildman–Crippen MR) is 441 cm³/mol. The van der Waals surface area contributed by atoms with Gasteiger partial charge in [-0.3, -0.25) is 23.4 Å². The van der Waals surface area contributed by atoms with Gasteiger partial charge in [0, 0.05) is 29.7 Å². The summed E-state index contributed by atoms with van der Waals surface area (Å²) in [4.78, 5) is 59.6. The number of allylic oxidation sites excluding steroid dienone is 4. The van der Waals surface area contributed by atoms with E-state index in [9.17, 15) is 38.4 Å². The Labute approximate surface area is 726 Å². The number of aliphatic hydroxyl groups is 1. The fourth-order valence-corrected chi connectivity index (χ4v) is 17.2. The molecule has 0 radical (unpaired) electrons. The molecule has 5 aliphatic carbocycles. The number of aliphatic hydroxyl groups excluding tert-OH is 1. The number of carbonyl (C=O) groups excluding carboxylic acids is 3. The van der Waals surface area contributed by atoms with Gasteiger partial charge in [-0.05, 0) is 75.4 Å². The van der Waals surface area contributed by atoms with Crippen LogP contribution in [0.1, 0.15) is 91.4 Å². The number of rotatable bonds is 84. The van der Waals surface area contributed by atoms with Crippen LogP contribution in [0.25, 0.3) is 0 Å². The van der Waals surface area contributed by atoms with Crippen LogP contribution in [0.15, 0.2) is 23.8 Å². The molecular weight excluding hydrogens is 1660 g/mol. The van der Waals surface area contributed by atoms with Crippen LogP contribution in [0.3, 0.4) is 0 Å². The molecule has 6 rings (SSSR count). The van der Waals surface area contributed by atoms with Crippen LogP contribution in [0, 0.1) is 40.4 Å². The highest BCUT2D eigenvalue weighted by Crippen LogP contribution is 2.70. The van der Waals surface area contributed by atoms with Gasteiger partial charge >= 0.3 is 15.6 Å². The van der Waals surface area contributed by atoms with E-state index in [0.29, 0.717) is 316 Å². The Morgan fingerprint density at radius 3 is 1.24 bits per heavy atom. The van der Waals surface area contributed by atoms with Gasteiger partial charge < -0.3 is 143 Å². The lowest BCUT2D eigenvalue weighted by Crippen LogP contribution is -2.63. The van der Waals surface area contributed by atoms with E-state index in [1.807, 2.05) is 26.8 Å². The minimum absolute atomic E-state index is 0.0109. The van der Waals surface area contributed by atoms with Crippen molar-refractivity contribution in [3.05, 3.63) is 23.8 Å². The van der Waals surface area contributed by atoms with Crippen molar-refractivity contribution in [1.82, 2.24) is 5.32 Å². The number of hydrogen-bond acceptors (Lipinski definition) is 35. The largest absolute Gasteiger partial charge is 0.481 e. The molecule has 3 saturated carbocycles. The number of ketones is 2. The van der Waals surface area contributed by atoms with Crippen LogP contribution in [0.4, 0.5) is 0 Å². The summed E-state index contributed by atoms with van der Waals surface area (Å²) in [6.45, 7) is 23.8. The number of phosphoric ester groups is 2. The molecule has 6 aliphatic rings. The number of Topliss-reactive ketones (excluding diaryl/α,β-unsaturated/α-hetero) is 1. The number of hydrogen-bond donors (Lipinski definition) is 4. The van der Waals surface area contributed by atoms with Crippen LogP contribution in [0.2, 0.25) is 0 Å². The minimum atomic E-state index is -5.37. The topological polar surface area (TPSA) is 426 Å². The summed E-state index contributed by atoms with van der Waals surface area (Å²) in [6.07, 6.45) is 10.8. The highest BCUT2D eigenvalue weighted by Gasteiger charge is 2.76. The molecular formula is C83H145NO37P2. The van der Waals surface area contributed by atoms with E-state index in [-0.39, 0.29) is 75.0 Å². The molecule has 4 fully saturated rings. The van der Waals surface area contributed by atoms with E-state index in [4.69, 9.17) is 132 Å². The van der Waals surface area contributed by atoms with Crippen LogP contribution in [0.5, 0.6) is 0 Å². The summed E-state index contributed by atoms with van der Waals surface area (Å²) in [7, 11) is -10.6. The van der Waals surface area contributed by atoms with Crippen molar-refractivity contribution < 1.29 is 175 Å². The quantitative estimate of drug-likeness (QED) is 0.0360. The van der Waals surface area contributed by atoms with E-state index >= 15 is 0 Å². The van der Waals surface area contributed by atoms with Crippen LogP contribution in [-0.4, -0.2) is 393 Å². The van der Waals surface area contributed by atoms with Crippen molar-refractivity contribution in [2.24, 2.45) is 28.6 Å². The molecule has 714 valence electrons. The third-order valence-corrected chi connectivity index (χ3v) is 23.6. The molecule has 40 heteroatoms. The van der Waals surface area contributed by atoms with E-state index in [1.54, 1.807) is 12.2 Å². The lowest BCUT2D eigenvalue weighted by Gasteiger charge is -2.59. The Bertz CT molecular complexity index is 2960. The summed E-state index contributed by atoms with van der Waals surface area (Å²) >= 11 is 0. The van der Waals surface area contributed by atoms with Crippen molar-refractivity contribution >= 4 is 33.1 Å². The number of amides is 1. The third-order valence-electron chi connectivity index (χ3n) is 21.0. The second-order valence-electron chi connectivity index (χ2n) is 29.8. The Hall–Kier alpha value is -2.97. The van der Waals surface area contributed by atoms with Crippen molar-refractivity contribution in [2.75, 3.05) is 330 Å². The Morgan fingerprint density at radius 2 is 0.854 bits per heavy atom. The number of fused-ring (bicyclic) bond motifs is 7. The van der Waals surface area contributed by atoms with Crippen molar-refractivity contribution in [3.63, 3.8) is 0 Å². The predicted octanol–water partition coefficient (Wildman–Crippen LogP) is 4.83. The normalized spacial score (nSPS) is 23.9. The standard InChI is InChI=1S/C83H145NO37P2/c1-4-10-79-119-77-66-74-73-14-13-70-65-71(85)15-16-81(70,2)80(73)75(86)67-82(74,3)83(77,120-79)76(87)68-118-123(91,92)121-122(89,90)117-64-63-115-62-61-114-60-59-113-58-57-112-56-55-111-54-53-110-52-51-109-50-49-108-48-47-107-46-45-106-44-43-105-42-41-104-40-39-103-38-37-102-36-35-101-34-33-100-32-31-99-30-29-98-28-27-97-26-25-96-24-23-95-22-21-94-20-19-93-18-17-84-78(88)69-116-72-11-8-6-5-7-9-12-72/h15-16,65,72-75,77,79-80,86H,4-8,10-11,13-14,17-64,66-69H2,1-3H3,(H,84,88)(H,89,90)(H,91,92)/t72?,73-,74-,75-,77+,79?,80+,81-,82-,83+/m0/s1. The number of carbonyl (C=O) groups is 3. The first kappa shape index (κ1) is 109. The maximum absolute atomic E-state index is 14.5. The summed E-state index contributed by atoms with van der Waals surface area (Å²) < 4.78 is 186. The molecule has 0 bridgehead atoms. The second-order valence-corrected chi connectivity index (χ2v) is 32.9. The maximum atomic E-state index is 14.5. The maximum Gasteiger partial charge on any atom is 0.481 e. The molecule has 0 aromatic heterocycles. The van der Waals surface area contributed by atoms with E-state index in [0.717, 1.165) is 37.7 Å². The molecule has 4 N–H and O–H groups in total. The first-order chi connectivity index (χ1) is 60.0. The zero-order valence-corrected chi connectivity index (χ0v) is 74.8. The summed E-state index contributed by atoms with van der Waals surface area (Å²) in [6, 6.07) is 0. The minimum Gasteiger partial charge on any atom is -0.393 e. The second kappa shape index (κ2) is 68.1. The average molecular weight is 1810 g/mol. The molecule has 123 heavy (non-hydrogen) atoms. The third kappa shape index (κ3) is 46.1. The zero-order valence-electron chi connectivity index (χ0n) is 73.0. The van der Waals surface area contributed by atoms with Gasteiger partial charge in [0.1, 0.15) is 19.3 Å². The van der Waals surface area contributed by atoms with Gasteiger partial charge in [-0.25, -0.2) is 9.13 Å². The van der Waals surface area contributed by atoms with Gasteiger partial charge in [-0.15, -0.1) is 5.92 Å². The molecule has 0 aromatic rings. The van der Waals surface area contributed by atoms with Crippen LogP contribution < -0.4 is 5.32 Å². The van der Waals surface area contributed by atoms with E-state index in [2.05, 4.69) is 21.5 Å². The van der Waals surface area contributed by atoms with Crippen molar-refractivity contribution in [3.8, 4) is 11.8 Å². The first-order valence-corrected chi connectivity index (χ1v) is 46.8. The Morgan fingerprint density at radius 1 is 0.488 bits per heavy atom. The summed E-state index contributed by atoms with van der Waals surface area (Å²) in [5.41, 5.74) is -2.21. The smallest absolute Gasteiger partial charge is 0.393 e. The molecule has 1 aliphatic heterocycles. The number of nitrogens with one attached hydrogen (secondary N) is 1. The summed E-state index contributed by atoms with van der Waals surface area (Å²) in [5.74, 6) is 4.82. The lowest BCUT2D eigenvalue weighted by molar-refractivity contribution is -0.200. The van der Waals surface area contributed by atoms with Gasteiger partial charge in [-0.1, -0.05) is 51.2 Å². The highest BCUT2D eigenvalue weighted by atomic mass is 31.3. The molecule has 0 spiro atoms. The summed E-state index contributed by atoms with van der Waals surface area (Å²) in [5, 5.41) is 14.8. The van der Waals surface area contributed by atoms with Crippen LogP contribution in [-0.2, 0) is 160 Å². The fourth-order valence-electron chi connectivity index (χ4n) is 15.2. The molecule has 0 aromatic carbocycles. The van der Waals surface area contributed by atoms with Crippen LogP contribution >= 0.6 is 15.6 Å². The fraction of sp³-hybridized carbons (Fsp3) is 0.892. The van der Waals surface area contributed by atoms with E-state index < -0.39 is 69.6 Å². The lowest BCUT2D eigenvalue weighted by atomic mass is 9.46. The Kier molecular flexibility index (Phi) is 60.2. The molecule has 38 nitrogen and oxygen atoms in total. The molecule has 12 atom stereocenters. The SMILES string of the molecule is CCCC1O[C@@H]2C[C@H]3[C@@H]4CCC5=CC(=O)C=C[C@]5(C)[C@H]4[C@@H](O)C[C@]3(C)[C@]2(C(=O)COP(=O)(O)OP(=O)(O)OCCOCCOCCOCCOCCOCCOCCOCCOCCOCCOCCOCCOCCOCCOCCOCCOCCOCCOCCOCCOCCOCCOCCOCCNC(=O)COC2C#CCCCCC2)O1. The van der Waals surface area contributed by atoms with Gasteiger partial charge in [0.15, 0.2) is 23.5 Å². The zero-order chi connectivity index (χ0) is 87.7.